The van der Waals surface area contributed by atoms with E-state index in [1.165, 1.54) is 23.4 Å². The molecular formula is C17H22N2OS. The van der Waals surface area contributed by atoms with Crippen LogP contribution in [0, 0.1) is 0 Å². The van der Waals surface area contributed by atoms with E-state index < -0.39 is 0 Å². The van der Waals surface area contributed by atoms with Gasteiger partial charge in [0.25, 0.3) is 0 Å². The largest absolute Gasteiger partial charge is 0.494 e. The SMILES string of the molecule is CCOc1cccc(-c2nc(CC)c(CNC3CC3)s2)c1. The number of hydrogen-bond donors (Lipinski definition) is 1. The fourth-order valence-corrected chi connectivity index (χ4v) is 3.43. The lowest BCUT2D eigenvalue weighted by atomic mass is 10.2. The molecule has 0 atom stereocenters. The van der Waals surface area contributed by atoms with Crippen LogP contribution in [0.25, 0.3) is 10.6 Å². The van der Waals surface area contributed by atoms with Crippen LogP contribution in [-0.4, -0.2) is 17.6 Å². The Balaban J connectivity index is 1.81. The van der Waals surface area contributed by atoms with Gasteiger partial charge in [-0.2, -0.15) is 0 Å². The van der Waals surface area contributed by atoms with Crippen LogP contribution >= 0.6 is 11.3 Å². The van der Waals surface area contributed by atoms with Gasteiger partial charge in [-0.25, -0.2) is 4.98 Å². The molecule has 0 aliphatic heterocycles. The Labute approximate surface area is 130 Å². The van der Waals surface area contributed by atoms with Gasteiger partial charge in [-0.3, -0.25) is 0 Å². The molecule has 1 fully saturated rings. The zero-order chi connectivity index (χ0) is 14.7. The Bertz CT molecular complexity index is 605. The van der Waals surface area contributed by atoms with Crippen molar-refractivity contribution in [3.05, 3.63) is 34.8 Å². The Hall–Kier alpha value is -1.39. The third kappa shape index (κ3) is 3.63. The molecule has 4 heteroatoms. The standard InChI is InChI=1S/C17H22N2OS/c1-3-15-16(11-18-13-8-9-13)21-17(19-15)12-6-5-7-14(10-12)20-4-2/h5-7,10,13,18H,3-4,8-9,11H2,1-2H3. The maximum absolute atomic E-state index is 5.58. The summed E-state index contributed by atoms with van der Waals surface area (Å²) >= 11 is 1.80. The van der Waals surface area contributed by atoms with E-state index in [-0.39, 0.29) is 0 Å². The fraction of sp³-hybridized carbons (Fsp3) is 0.471. The van der Waals surface area contributed by atoms with Crippen molar-refractivity contribution in [1.29, 1.82) is 0 Å². The molecule has 3 rings (SSSR count). The molecule has 1 N–H and O–H groups in total. The number of benzene rings is 1. The average molecular weight is 302 g/mol. The molecule has 2 aromatic rings. The summed E-state index contributed by atoms with van der Waals surface area (Å²) in [5.41, 5.74) is 2.38. The van der Waals surface area contributed by atoms with E-state index in [0.29, 0.717) is 6.61 Å². The molecular weight excluding hydrogens is 280 g/mol. The summed E-state index contributed by atoms with van der Waals surface area (Å²) in [5.74, 6) is 0.918. The van der Waals surface area contributed by atoms with Gasteiger partial charge in [-0.15, -0.1) is 11.3 Å². The van der Waals surface area contributed by atoms with Gasteiger partial charge in [0, 0.05) is 23.0 Å². The normalized spacial score (nSPS) is 14.4. The first-order valence-corrected chi connectivity index (χ1v) is 8.57. The zero-order valence-corrected chi connectivity index (χ0v) is 13.5. The van der Waals surface area contributed by atoms with Gasteiger partial charge in [0.05, 0.1) is 12.3 Å². The molecule has 1 aromatic carbocycles. The molecule has 0 bridgehead atoms. The first-order valence-electron chi connectivity index (χ1n) is 7.75. The van der Waals surface area contributed by atoms with Crippen LogP contribution < -0.4 is 10.1 Å². The second-order valence-corrected chi connectivity index (χ2v) is 6.44. The molecule has 1 heterocycles. The van der Waals surface area contributed by atoms with E-state index in [0.717, 1.165) is 35.3 Å². The number of aryl methyl sites for hydroxylation is 1. The Morgan fingerprint density at radius 3 is 2.90 bits per heavy atom. The smallest absolute Gasteiger partial charge is 0.124 e. The van der Waals surface area contributed by atoms with Gasteiger partial charge in [0.2, 0.25) is 0 Å². The van der Waals surface area contributed by atoms with Crippen molar-refractivity contribution in [1.82, 2.24) is 10.3 Å². The van der Waals surface area contributed by atoms with E-state index in [1.807, 2.05) is 19.1 Å². The molecule has 0 unspecified atom stereocenters. The monoisotopic (exact) mass is 302 g/mol. The van der Waals surface area contributed by atoms with Crippen molar-refractivity contribution in [2.24, 2.45) is 0 Å². The van der Waals surface area contributed by atoms with E-state index in [2.05, 4.69) is 24.4 Å². The van der Waals surface area contributed by atoms with Gasteiger partial charge in [-0.05, 0) is 38.3 Å². The van der Waals surface area contributed by atoms with Crippen LogP contribution in [0.2, 0.25) is 0 Å². The highest BCUT2D eigenvalue weighted by Gasteiger charge is 2.21. The van der Waals surface area contributed by atoms with Crippen molar-refractivity contribution in [3.63, 3.8) is 0 Å². The van der Waals surface area contributed by atoms with Crippen molar-refractivity contribution in [2.45, 2.75) is 45.7 Å². The van der Waals surface area contributed by atoms with Crippen molar-refractivity contribution in [3.8, 4) is 16.3 Å². The van der Waals surface area contributed by atoms with Gasteiger partial charge in [0.15, 0.2) is 0 Å². The molecule has 0 saturated heterocycles. The molecule has 21 heavy (non-hydrogen) atoms. The predicted molar refractivity (Wildman–Crippen MR) is 88.0 cm³/mol. The van der Waals surface area contributed by atoms with Crippen LogP contribution in [-0.2, 0) is 13.0 Å². The van der Waals surface area contributed by atoms with Crippen molar-refractivity contribution < 1.29 is 4.74 Å². The Kier molecular flexibility index (Phi) is 4.56. The van der Waals surface area contributed by atoms with Gasteiger partial charge in [-0.1, -0.05) is 19.1 Å². The molecule has 3 nitrogen and oxygen atoms in total. The number of ether oxygens (including phenoxy) is 1. The first-order chi connectivity index (χ1) is 10.3. The summed E-state index contributed by atoms with van der Waals surface area (Å²) in [6.07, 6.45) is 3.64. The van der Waals surface area contributed by atoms with Crippen molar-refractivity contribution >= 4 is 11.3 Å². The highest BCUT2D eigenvalue weighted by molar-refractivity contribution is 7.15. The number of nitrogens with zero attached hydrogens (tertiary/aromatic N) is 1. The van der Waals surface area contributed by atoms with Gasteiger partial charge < -0.3 is 10.1 Å². The number of aromatic nitrogens is 1. The second kappa shape index (κ2) is 6.58. The summed E-state index contributed by atoms with van der Waals surface area (Å²) < 4.78 is 5.58. The molecule has 0 radical (unpaired) electrons. The third-order valence-corrected chi connectivity index (χ3v) is 4.78. The summed E-state index contributed by atoms with van der Waals surface area (Å²) in [6.45, 7) is 5.83. The summed E-state index contributed by atoms with van der Waals surface area (Å²) in [6, 6.07) is 8.96. The topological polar surface area (TPSA) is 34.1 Å². The van der Waals surface area contributed by atoms with Crippen LogP contribution in [0.15, 0.2) is 24.3 Å². The highest BCUT2D eigenvalue weighted by Crippen LogP contribution is 2.31. The minimum absolute atomic E-state index is 0.693. The van der Waals surface area contributed by atoms with E-state index in [4.69, 9.17) is 9.72 Å². The van der Waals surface area contributed by atoms with E-state index >= 15 is 0 Å². The van der Waals surface area contributed by atoms with Crippen LogP contribution in [0.3, 0.4) is 0 Å². The summed E-state index contributed by atoms with van der Waals surface area (Å²) in [7, 11) is 0. The van der Waals surface area contributed by atoms with Gasteiger partial charge in [0.1, 0.15) is 10.8 Å². The fourth-order valence-electron chi connectivity index (χ4n) is 2.33. The third-order valence-electron chi connectivity index (χ3n) is 3.63. The Morgan fingerprint density at radius 2 is 2.19 bits per heavy atom. The number of hydrogen-bond acceptors (Lipinski definition) is 4. The lowest BCUT2D eigenvalue weighted by molar-refractivity contribution is 0.340. The molecule has 1 aromatic heterocycles. The first kappa shape index (κ1) is 14.5. The minimum Gasteiger partial charge on any atom is -0.494 e. The number of rotatable bonds is 7. The van der Waals surface area contributed by atoms with Gasteiger partial charge >= 0.3 is 0 Å². The van der Waals surface area contributed by atoms with E-state index in [9.17, 15) is 0 Å². The second-order valence-electron chi connectivity index (χ2n) is 5.36. The maximum atomic E-state index is 5.58. The lowest BCUT2D eigenvalue weighted by Gasteiger charge is -2.03. The highest BCUT2D eigenvalue weighted by atomic mass is 32.1. The zero-order valence-electron chi connectivity index (χ0n) is 12.7. The number of nitrogens with one attached hydrogen (secondary N) is 1. The minimum atomic E-state index is 0.693. The predicted octanol–water partition coefficient (Wildman–Crippen LogP) is 4.02. The van der Waals surface area contributed by atoms with Crippen molar-refractivity contribution in [2.75, 3.05) is 6.61 Å². The summed E-state index contributed by atoms with van der Waals surface area (Å²) in [5, 5.41) is 4.69. The molecule has 0 spiro atoms. The van der Waals surface area contributed by atoms with Crippen LogP contribution in [0.1, 0.15) is 37.3 Å². The quantitative estimate of drug-likeness (QED) is 0.838. The Morgan fingerprint density at radius 1 is 1.33 bits per heavy atom. The number of thiazole rings is 1. The molecule has 1 aliphatic rings. The molecule has 1 aliphatic carbocycles. The van der Waals surface area contributed by atoms with Crippen LogP contribution in [0.4, 0.5) is 0 Å². The molecule has 112 valence electrons. The summed E-state index contributed by atoms with van der Waals surface area (Å²) in [4.78, 5) is 6.20. The van der Waals surface area contributed by atoms with Crippen LogP contribution in [0.5, 0.6) is 5.75 Å². The molecule has 1 saturated carbocycles. The lowest BCUT2D eigenvalue weighted by Crippen LogP contribution is -2.15. The van der Waals surface area contributed by atoms with E-state index in [1.54, 1.807) is 11.3 Å². The maximum Gasteiger partial charge on any atom is 0.124 e. The molecule has 0 amide bonds. The average Bonchev–Trinajstić information content (AvgIpc) is 3.24.